The van der Waals surface area contributed by atoms with Crippen LogP contribution >= 0.6 is 0 Å². The smallest absolute Gasteiger partial charge is 0.00927 e. The van der Waals surface area contributed by atoms with E-state index in [0.29, 0.717) is 28.2 Å². The number of nitrogens with two attached hydrogens (primary N) is 2. The van der Waals surface area contributed by atoms with E-state index >= 15 is 0 Å². The summed E-state index contributed by atoms with van der Waals surface area (Å²) < 4.78 is 0. The molecule has 0 radical (unpaired) electrons. The molecule has 2 heteroatoms. The van der Waals surface area contributed by atoms with E-state index in [4.69, 9.17) is 11.5 Å². The van der Waals surface area contributed by atoms with Gasteiger partial charge in [0.1, 0.15) is 0 Å². The quantitative estimate of drug-likeness (QED) is 0.622. The lowest BCUT2D eigenvalue weighted by atomic mass is 9.72. The van der Waals surface area contributed by atoms with Crippen LogP contribution in [-0.4, -0.2) is 12.6 Å². The van der Waals surface area contributed by atoms with Gasteiger partial charge in [0.05, 0.1) is 0 Å². The lowest BCUT2D eigenvalue weighted by Crippen LogP contribution is -2.38. The second-order valence-corrected chi connectivity index (χ2v) is 11.8. The fourth-order valence-corrected chi connectivity index (χ4v) is 2.53. The molecule has 4 N–H and O–H groups in total. The van der Waals surface area contributed by atoms with Gasteiger partial charge in [0.25, 0.3) is 0 Å². The molecule has 24 heavy (non-hydrogen) atoms. The largest absolute Gasteiger partial charge is 0.330 e. The molecule has 0 fully saturated rings. The molecule has 0 bridgehead atoms. The Morgan fingerprint density at radius 2 is 1.12 bits per heavy atom. The predicted molar refractivity (Wildman–Crippen MR) is 112 cm³/mol. The Labute approximate surface area is 154 Å². The summed E-state index contributed by atoms with van der Waals surface area (Å²) in [5, 5.41) is 0. The maximum Gasteiger partial charge on any atom is 0.00927 e. The molecule has 148 valence electrons. The Morgan fingerprint density at radius 1 is 0.708 bits per heavy atom. The van der Waals surface area contributed by atoms with E-state index in [-0.39, 0.29) is 5.41 Å². The third kappa shape index (κ3) is 13.2. The highest BCUT2D eigenvalue weighted by Crippen LogP contribution is 2.35. The molecular formula is C22H50N2. The van der Waals surface area contributed by atoms with Gasteiger partial charge >= 0.3 is 0 Å². The Morgan fingerprint density at radius 3 is 1.29 bits per heavy atom. The summed E-state index contributed by atoms with van der Waals surface area (Å²) in [6, 6.07) is 0.312. The summed E-state index contributed by atoms with van der Waals surface area (Å²) in [6.07, 6.45) is 3.54. The molecule has 0 spiro atoms. The van der Waals surface area contributed by atoms with Gasteiger partial charge in [-0.15, -0.1) is 0 Å². The van der Waals surface area contributed by atoms with Gasteiger partial charge in [-0.05, 0) is 47.0 Å². The van der Waals surface area contributed by atoms with Gasteiger partial charge in [0, 0.05) is 6.04 Å². The number of hydrogen-bond donors (Lipinski definition) is 2. The third-order valence-corrected chi connectivity index (χ3v) is 5.21. The zero-order chi connectivity index (χ0) is 20.0. The van der Waals surface area contributed by atoms with Crippen LogP contribution in [0.25, 0.3) is 0 Å². The minimum Gasteiger partial charge on any atom is -0.330 e. The SMILES string of the molecule is CC(C)(C)CC(CN)C(C)(C)C.CCC(C)(C)CC(N)C(C)(C)C. The average molecular weight is 343 g/mol. The predicted octanol–water partition coefficient (Wildman–Crippen LogP) is 6.23. The zero-order valence-corrected chi connectivity index (χ0v) is 19.1. The van der Waals surface area contributed by atoms with E-state index in [1.165, 1.54) is 12.8 Å². The van der Waals surface area contributed by atoms with Gasteiger partial charge < -0.3 is 11.5 Å². The Balaban J connectivity index is 0. The summed E-state index contributed by atoms with van der Waals surface area (Å²) >= 11 is 0. The van der Waals surface area contributed by atoms with Crippen LogP contribution in [0.4, 0.5) is 0 Å². The second kappa shape index (κ2) is 9.57. The Hall–Kier alpha value is -0.0800. The maximum atomic E-state index is 6.11. The van der Waals surface area contributed by atoms with Crippen molar-refractivity contribution in [3.05, 3.63) is 0 Å². The molecule has 0 aromatic carbocycles. The van der Waals surface area contributed by atoms with Gasteiger partial charge in [-0.2, -0.15) is 0 Å². The summed E-state index contributed by atoms with van der Waals surface area (Å²) in [5.41, 5.74) is 13.3. The first-order valence-electron chi connectivity index (χ1n) is 9.81. The van der Waals surface area contributed by atoms with Crippen molar-refractivity contribution in [3.63, 3.8) is 0 Å². The van der Waals surface area contributed by atoms with E-state index in [0.717, 1.165) is 13.0 Å². The van der Waals surface area contributed by atoms with Crippen LogP contribution < -0.4 is 11.5 Å². The summed E-state index contributed by atoms with van der Waals surface area (Å²) in [4.78, 5) is 0. The fourth-order valence-electron chi connectivity index (χ4n) is 2.53. The van der Waals surface area contributed by atoms with Crippen molar-refractivity contribution in [1.29, 1.82) is 0 Å². The molecule has 0 amide bonds. The molecule has 0 saturated carbocycles. The second-order valence-electron chi connectivity index (χ2n) is 11.8. The maximum absolute atomic E-state index is 6.11. The normalized spacial score (nSPS) is 16.2. The van der Waals surface area contributed by atoms with Crippen LogP contribution in [0.15, 0.2) is 0 Å². The highest BCUT2D eigenvalue weighted by molar-refractivity contribution is 4.82. The van der Waals surface area contributed by atoms with Crippen molar-refractivity contribution in [3.8, 4) is 0 Å². The van der Waals surface area contributed by atoms with Gasteiger partial charge in [0.15, 0.2) is 0 Å². The van der Waals surface area contributed by atoms with Crippen LogP contribution in [0.3, 0.4) is 0 Å². The van der Waals surface area contributed by atoms with Crippen molar-refractivity contribution in [2.75, 3.05) is 6.54 Å². The van der Waals surface area contributed by atoms with E-state index in [9.17, 15) is 0 Å². The Kier molecular flexibility index (Phi) is 10.4. The van der Waals surface area contributed by atoms with Gasteiger partial charge in [-0.1, -0.05) is 89.5 Å². The molecule has 0 aliphatic heterocycles. The van der Waals surface area contributed by atoms with Crippen LogP contribution in [0.5, 0.6) is 0 Å². The van der Waals surface area contributed by atoms with Crippen LogP contribution in [0.2, 0.25) is 0 Å². The average Bonchev–Trinajstić information content (AvgIpc) is 2.32. The van der Waals surface area contributed by atoms with Gasteiger partial charge in [-0.25, -0.2) is 0 Å². The molecule has 0 aromatic heterocycles. The summed E-state index contributed by atoms with van der Waals surface area (Å²) in [6.45, 7) is 27.9. The zero-order valence-electron chi connectivity index (χ0n) is 19.1. The molecule has 0 rings (SSSR count). The highest BCUT2D eigenvalue weighted by Gasteiger charge is 2.28. The van der Waals surface area contributed by atoms with E-state index in [1.807, 2.05) is 0 Å². The van der Waals surface area contributed by atoms with Crippen molar-refractivity contribution in [2.24, 2.45) is 39.0 Å². The molecule has 2 unspecified atom stereocenters. The van der Waals surface area contributed by atoms with Gasteiger partial charge in [0.2, 0.25) is 0 Å². The topological polar surface area (TPSA) is 52.0 Å². The highest BCUT2D eigenvalue weighted by atomic mass is 14.7. The van der Waals surface area contributed by atoms with Crippen molar-refractivity contribution >= 4 is 0 Å². The summed E-state index contributed by atoms with van der Waals surface area (Å²) in [5.74, 6) is 0.637. The molecule has 0 aliphatic carbocycles. The molecule has 2 atom stereocenters. The standard InChI is InChI=1S/2C11H25N/c1-10(2,3)7-9(8-12)11(4,5)6;1-7-11(5,6)8-9(12)10(2,3)4/h2*9H,7-8,12H2,1-6H3. The molecule has 0 aromatic rings. The first-order valence-corrected chi connectivity index (χ1v) is 9.81. The van der Waals surface area contributed by atoms with Crippen LogP contribution in [0.1, 0.15) is 102 Å². The minimum absolute atomic E-state index is 0.242. The first-order chi connectivity index (χ1) is 10.4. The monoisotopic (exact) mass is 342 g/mol. The molecule has 0 heterocycles. The third-order valence-electron chi connectivity index (χ3n) is 5.21. The van der Waals surface area contributed by atoms with E-state index < -0.39 is 0 Å². The van der Waals surface area contributed by atoms with Crippen molar-refractivity contribution in [1.82, 2.24) is 0 Å². The van der Waals surface area contributed by atoms with Crippen molar-refractivity contribution < 1.29 is 0 Å². The van der Waals surface area contributed by atoms with Gasteiger partial charge in [-0.3, -0.25) is 0 Å². The molecular weight excluding hydrogens is 292 g/mol. The Bertz CT molecular complexity index is 320. The molecule has 0 aliphatic rings. The fraction of sp³-hybridized carbons (Fsp3) is 1.00. The number of rotatable bonds is 5. The molecule has 0 saturated heterocycles. The lowest BCUT2D eigenvalue weighted by Gasteiger charge is -2.34. The lowest BCUT2D eigenvalue weighted by molar-refractivity contribution is 0.172. The van der Waals surface area contributed by atoms with Crippen molar-refractivity contribution in [2.45, 2.75) is 108 Å². The summed E-state index contributed by atoms with van der Waals surface area (Å²) in [7, 11) is 0. The number of hydrogen-bond acceptors (Lipinski definition) is 2. The minimum atomic E-state index is 0.242. The van der Waals surface area contributed by atoms with E-state index in [1.54, 1.807) is 0 Å². The van der Waals surface area contributed by atoms with Crippen LogP contribution in [0, 0.1) is 27.6 Å². The van der Waals surface area contributed by atoms with E-state index in [2.05, 4.69) is 83.1 Å². The first kappa shape index (κ1) is 26.2. The van der Waals surface area contributed by atoms with Crippen LogP contribution in [-0.2, 0) is 0 Å². The molecule has 2 nitrogen and oxygen atoms in total.